The molecule has 0 N–H and O–H groups in total. The second kappa shape index (κ2) is 3.08. The minimum Gasteiger partial charge on any atom is -0.192 e. The normalized spacial score (nSPS) is 9.85. The number of hydrogen-bond donors (Lipinski definition) is 0. The molecule has 0 aliphatic heterocycles. The van der Waals surface area contributed by atoms with E-state index in [-0.39, 0.29) is 5.15 Å². The van der Waals surface area contributed by atoms with Gasteiger partial charge in [-0.25, -0.2) is 0 Å². The highest BCUT2D eigenvalue weighted by Crippen LogP contribution is 2.24. The highest BCUT2D eigenvalue weighted by molar-refractivity contribution is 7.09. The molecule has 13 heavy (non-hydrogen) atoms. The molecule has 0 atom stereocenters. The van der Waals surface area contributed by atoms with E-state index in [4.69, 9.17) is 16.9 Å². The molecule has 2 aromatic heterocycles. The maximum atomic E-state index is 8.74. The summed E-state index contributed by atoms with van der Waals surface area (Å²) in [5.74, 6) is 0. The Morgan fingerprint density at radius 1 is 1.62 bits per heavy atom. The van der Waals surface area contributed by atoms with E-state index in [1.54, 1.807) is 0 Å². The highest BCUT2D eigenvalue weighted by Gasteiger charge is 2.13. The maximum absolute atomic E-state index is 8.74. The quantitative estimate of drug-likeness (QED) is 0.693. The van der Waals surface area contributed by atoms with Crippen molar-refractivity contribution in [1.82, 2.24) is 24.6 Å². The fourth-order valence-corrected chi connectivity index (χ4v) is 1.72. The molecule has 0 amide bonds. The van der Waals surface area contributed by atoms with Crippen molar-refractivity contribution in [2.75, 3.05) is 0 Å². The Bertz CT molecular complexity index is 454. The third-order valence-corrected chi connectivity index (χ3v) is 2.51. The Morgan fingerprint density at radius 2 is 2.46 bits per heavy atom. The van der Waals surface area contributed by atoms with Crippen LogP contribution in [0.3, 0.4) is 0 Å². The maximum Gasteiger partial charge on any atom is 0.162 e. The van der Waals surface area contributed by atoms with Gasteiger partial charge in [0, 0.05) is 0 Å². The zero-order valence-electron chi connectivity index (χ0n) is 6.05. The molecule has 2 aromatic rings. The number of nitriles is 1. The van der Waals surface area contributed by atoms with Crippen LogP contribution in [0.5, 0.6) is 0 Å². The van der Waals surface area contributed by atoms with Crippen molar-refractivity contribution >= 4 is 23.1 Å². The van der Waals surface area contributed by atoms with E-state index in [2.05, 4.69) is 19.9 Å². The molecule has 64 valence electrons. The van der Waals surface area contributed by atoms with Gasteiger partial charge in [0.25, 0.3) is 0 Å². The van der Waals surface area contributed by atoms with E-state index in [1.807, 2.05) is 6.07 Å². The van der Waals surface area contributed by atoms with Gasteiger partial charge in [-0.15, -0.1) is 5.10 Å². The standard InChI is InChI=1S/C5HClN6S/c6-4-3(1-7)5(13-9-4)12-2-8-10-11-12/h2H. The predicted octanol–water partition coefficient (Wildman–Crippen LogP) is 0.644. The van der Waals surface area contributed by atoms with Crippen molar-refractivity contribution in [3.8, 4) is 11.1 Å². The van der Waals surface area contributed by atoms with Crippen LogP contribution in [0.1, 0.15) is 5.56 Å². The highest BCUT2D eigenvalue weighted by atomic mass is 35.5. The second-order valence-electron chi connectivity index (χ2n) is 2.02. The van der Waals surface area contributed by atoms with Crippen LogP contribution in [0.25, 0.3) is 5.00 Å². The molecule has 0 aliphatic carbocycles. The first-order valence-corrected chi connectivity index (χ1v) is 4.26. The fourth-order valence-electron chi connectivity index (χ4n) is 0.768. The summed E-state index contributed by atoms with van der Waals surface area (Å²) in [6, 6.07) is 1.93. The minimum atomic E-state index is 0.179. The first-order valence-electron chi connectivity index (χ1n) is 3.11. The molecule has 0 spiro atoms. The van der Waals surface area contributed by atoms with Gasteiger partial charge in [0.15, 0.2) is 10.2 Å². The number of aromatic nitrogens is 5. The molecule has 6 nitrogen and oxygen atoms in total. The monoisotopic (exact) mass is 212 g/mol. The molecule has 8 heteroatoms. The van der Waals surface area contributed by atoms with Crippen molar-refractivity contribution in [2.45, 2.75) is 0 Å². The van der Waals surface area contributed by atoms with Gasteiger partial charge in [-0.1, -0.05) is 11.6 Å². The van der Waals surface area contributed by atoms with Crippen molar-refractivity contribution in [2.24, 2.45) is 0 Å². The van der Waals surface area contributed by atoms with E-state index in [0.717, 1.165) is 11.5 Å². The minimum absolute atomic E-state index is 0.179. The van der Waals surface area contributed by atoms with E-state index >= 15 is 0 Å². The van der Waals surface area contributed by atoms with Crippen LogP contribution in [0, 0.1) is 11.3 Å². The zero-order chi connectivity index (χ0) is 9.26. The van der Waals surface area contributed by atoms with Gasteiger partial charge in [-0.2, -0.15) is 14.3 Å². The number of rotatable bonds is 1. The Kier molecular flexibility index (Phi) is 1.92. The predicted molar refractivity (Wildman–Crippen MR) is 44.6 cm³/mol. The molecule has 0 saturated carbocycles. The molecule has 0 aromatic carbocycles. The van der Waals surface area contributed by atoms with Gasteiger partial charge in [0.2, 0.25) is 0 Å². The van der Waals surface area contributed by atoms with Crippen LogP contribution in [0.2, 0.25) is 5.15 Å². The summed E-state index contributed by atoms with van der Waals surface area (Å²) in [7, 11) is 0. The molecule has 0 bridgehead atoms. The Balaban J connectivity index is 2.60. The van der Waals surface area contributed by atoms with Gasteiger partial charge in [0.05, 0.1) is 0 Å². The second-order valence-corrected chi connectivity index (χ2v) is 3.13. The summed E-state index contributed by atoms with van der Waals surface area (Å²) in [5.41, 5.74) is 0.291. The van der Waals surface area contributed by atoms with E-state index in [9.17, 15) is 0 Å². The van der Waals surface area contributed by atoms with Crippen molar-refractivity contribution in [3.05, 3.63) is 17.0 Å². The SMILES string of the molecule is N#Cc1c(Cl)nsc1-n1cnnn1. The van der Waals surface area contributed by atoms with Crippen molar-refractivity contribution in [1.29, 1.82) is 5.26 Å². The van der Waals surface area contributed by atoms with Crippen molar-refractivity contribution in [3.63, 3.8) is 0 Å². The fraction of sp³-hybridized carbons (Fsp3) is 0. The summed E-state index contributed by atoms with van der Waals surface area (Å²) in [4.78, 5) is 0. The number of halogens is 1. The topological polar surface area (TPSA) is 80.3 Å². The third kappa shape index (κ3) is 1.26. The van der Waals surface area contributed by atoms with Crippen LogP contribution in [-0.4, -0.2) is 24.6 Å². The zero-order valence-corrected chi connectivity index (χ0v) is 7.62. The lowest BCUT2D eigenvalue weighted by atomic mass is 10.4. The van der Waals surface area contributed by atoms with E-state index in [0.29, 0.717) is 10.6 Å². The molecular formula is C5HClN6S. The number of tetrazole rings is 1. The summed E-state index contributed by atoms with van der Waals surface area (Å²) in [6.45, 7) is 0. The Labute approximate surface area is 81.5 Å². The molecule has 0 radical (unpaired) electrons. The van der Waals surface area contributed by atoms with Gasteiger partial charge in [0.1, 0.15) is 18.0 Å². The summed E-state index contributed by atoms with van der Waals surface area (Å²) in [6.07, 6.45) is 1.38. The lowest BCUT2D eigenvalue weighted by molar-refractivity contribution is 0.797. The van der Waals surface area contributed by atoms with Crippen LogP contribution in [0.15, 0.2) is 6.33 Å². The molecule has 2 heterocycles. The van der Waals surface area contributed by atoms with Gasteiger partial charge >= 0.3 is 0 Å². The number of hydrogen-bond acceptors (Lipinski definition) is 6. The number of nitrogens with zero attached hydrogens (tertiary/aromatic N) is 6. The van der Waals surface area contributed by atoms with Gasteiger partial charge < -0.3 is 0 Å². The molecule has 0 saturated heterocycles. The smallest absolute Gasteiger partial charge is 0.162 e. The molecule has 0 unspecified atom stereocenters. The van der Waals surface area contributed by atoms with E-state index < -0.39 is 0 Å². The lowest BCUT2D eigenvalue weighted by Crippen LogP contribution is -1.93. The Hall–Kier alpha value is -1.52. The lowest BCUT2D eigenvalue weighted by Gasteiger charge is -1.90. The summed E-state index contributed by atoms with van der Waals surface area (Å²) < 4.78 is 5.16. The summed E-state index contributed by atoms with van der Waals surface area (Å²) in [5, 5.41) is 20.0. The largest absolute Gasteiger partial charge is 0.192 e. The first kappa shape index (κ1) is 8.10. The Morgan fingerprint density at radius 3 is 3.08 bits per heavy atom. The average Bonchev–Trinajstić information content (AvgIpc) is 2.71. The molecule has 0 fully saturated rings. The summed E-state index contributed by atoms with van der Waals surface area (Å²) >= 11 is 6.73. The molecule has 2 rings (SSSR count). The van der Waals surface area contributed by atoms with Gasteiger partial charge in [-0.05, 0) is 22.0 Å². The average molecular weight is 213 g/mol. The van der Waals surface area contributed by atoms with Crippen LogP contribution in [0.4, 0.5) is 0 Å². The van der Waals surface area contributed by atoms with Crippen LogP contribution in [-0.2, 0) is 0 Å². The van der Waals surface area contributed by atoms with Gasteiger partial charge in [-0.3, -0.25) is 0 Å². The first-order chi connectivity index (χ1) is 6.33. The van der Waals surface area contributed by atoms with Crippen LogP contribution >= 0.6 is 23.1 Å². The molecule has 0 aliphatic rings. The van der Waals surface area contributed by atoms with Crippen LogP contribution < -0.4 is 0 Å². The molecular weight excluding hydrogens is 212 g/mol. The van der Waals surface area contributed by atoms with E-state index in [1.165, 1.54) is 11.0 Å². The third-order valence-electron chi connectivity index (χ3n) is 1.30. The van der Waals surface area contributed by atoms with Crippen molar-refractivity contribution < 1.29 is 0 Å².